The van der Waals surface area contributed by atoms with Crippen LogP contribution >= 0.6 is 0 Å². The molecule has 1 fully saturated rings. The van der Waals surface area contributed by atoms with E-state index in [0.717, 1.165) is 32.4 Å². The highest BCUT2D eigenvalue weighted by Crippen LogP contribution is 2.16. The lowest BCUT2D eigenvalue weighted by Gasteiger charge is -2.34. The van der Waals surface area contributed by atoms with Crippen molar-refractivity contribution in [3.05, 3.63) is 0 Å². The van der Waals surface area contributed by atoms with E-state index in [1.165, 1.54) is 26.2 Å². The molecule has 0 aromatic heterocycles. The zero-order chi connectivity index (χ0) is 15.7. The number of piperazine rings is 1. The number of rotatable bonds is 9. The van der Waals surface area contributed by atoms with E-state index in [2.05, 4.69) is 22.0 Å². The standard InChI is InChI=1S/C16H33N3O2/c1-5-18-11-13-19(14-12-18)10-8-7-9-16(3,17-4)15(20)21-6-2/h17H,5-14H2,1-4H3. The number of nitrogens with zero attached hydrogens (tertiary/aromatic N) is 2. The molecule has 124 valence electrons. The highest BCUT2D eigenvalue weighted by Gasteiger charge is 2.32. The molecule has 0 bridgehead atoms. The summed E-state index contributed by atoms with van der Waals surface area (Å²) in [5.41, 5.74) is -0.545. The maximum Gasteiger partial charge on any atom is 0.326 e. The molecule has 0 saturated carbocycles. The second-order valence-corrected chi connectivity index (χ2v) is 6.04. The Balaban J connectivity index is 2.22. The van der Waals surface area contributed by atoms with E-state index in [-0.39, 0.29) is 5.97 Å². The lowest BCUT2D eigenvalue weighted by molar-refractivity contribution is -0.150. The van der Waals surface area contributed by atoms with E-state index in [9.17, 15) is 4.79 Å². The first-order chi connectivity index (χ1) is 10.1. The molecule has 1 heterocycles. The van der Waals surface area contributed by atoms with Gasteiger partial charge in [0.05, 0.1) is 6.61 Å². The summed E-state index contributed by atoms with van der Waals surface area (Å²) in [7, 11) is 1.83. The second kappa shape index (κ2) is 9.38. The Morgan fingerprint density at radius 1 is 1.14 bits per heavy atom. The van der Waals surface area contributed by atoms with E-state index in [1.807, 2.05) is 20.9 Å². The molecule has 21 heavy (non-hydrogen) atoms. The van der Waals surface area contributed by atoms with Crippen LogP contribution in [0.1, 0.15) is 40.0 Å². The summed E-state index contributed by atoms with van der Waals surface area (Å²) in [6, 6.07) is 0. The average molecular weight is 299 g/mol. The maximum absolute atomic E-state index is 12.0. The maximum atomic E-state index is 12.0. The number of likely N-dealkylation sites (N-methyl/N-ethyl adjacent to an activating group) is 2. The molecule has 0 aromatic carbocycles. The summed E-state index contributed by atoms with van der Waals surface area (Å²) in [6.07, 6.45) is 3.02. The van der Waals surface area contributed by atoms with Crippen molar-refractivity contribution in [2.24, 2.45) is 0 Å². The number of hydrogen-bond donors (Lipinski definition) is 1. The summed E-state index contributed by atoms with van der Waals surface area (Å²) >= 11 is 0. The van der Waals surface area contributed by atoms with Gasteiger partial charge in [0.25, 0.3) is 0 Å². The van der Waals surface area contributed by atoms with E-state index in [0.29, 0.717) is 6.61 Å². The van der Waals surface area contributed by atoms with Crippen LogP contribution in [0.3, 0.4) is 0 Å². The van der Waals surface area contributed by atoms with Gasteiger partial charge in [-0.3, -0.25) is 4.79 Å². The Kier molecular flexibility index (Phi) is 8.22. The highest BCUT2D eigenvalue weighted by atomic mass is 16.5. The van der Waals surface area contributed by atoms with Gasteiger partial charge < -0.3 is 19.9 Å². The van der Waals surface area contributed by atoms with Gasteiger partial charge in [0.2, 0.25) is 0 Å². The van der Waals surface area contributed by atoms with Gasteiger partial charge in [-0.1, -0.05) is 6.92 Å². The normalized spacial score (nSPS) is 20.2. The first kappa shape index (κ1) is 18.4. The van der Waals surface area contributed by atoms with Crippen molar-refractivity contribution in [3.8, 4) is 0 Å². The van der Waals surface area contributed by atoms with Gasteiger partial charge in [-0.15, -0.1) is 0 Å². The summed E-state index contributed by atoms with van der Waals surface area (Å²) in [5, 5.41) is 3.12. The third-order valence-electron chi connectivity index (χ3n) is 4.59. The Hall–Kier alpha value is -0.650. The smallest absolute Gasteiger partial charge is 0.326 e. The van der Waals surface area contributed by atoms with Crippen LogP contribution in [0, 0.1) is 0 Å². The number of hydrogen-bond acceptors (Lipinski definition) is 5. The lowest BCUT2D eigenvalue weighted by atomic mass is 9.95. The van der Waals surface area contributed by atoms with Crippen molar-refractivity contribution in [3.63, 3.8) is 0 Å². The molecule has 0 aromatic rings. The number of ether oxygens (including phenoxy) is 1. The molecule has 1 atom stereocenters. The Bertz CT molecular complexity index is 304. The highest BCUT2D eigenvalue weighted by molar-refractivity contribution is 5.80. The van der Waals surface area contributed by atoms with E-state index >= 15 is 0 Å². The van der Waals surface area contributed by atoms with Gasteiger partial charge in [-0.2, -0.15) is 0 Å². The van der Waals surface area contributed by atoms with Gasteiger partial charge in [-0.05, 0) is 53.2 Å². The largest absolute Gasteiger partial charge is 0.465 e. The third-order valence-corrected chi connectivity index (χ3v) is 4.59. The summed E-state index contributed by atoms with van der Waals surface area (Å²) in [4.78, 5) is 17.0. The summed E-state index contributed by atoms with van der Waals surface area (Å²) in [6.45, 7) is 13.5. The average Bonchev–Trinajstić information content (AvgIpc) is 2.52. The zero-order valence-electron chi connectivity index (χ0n) is 14.3. The predicted octanol–water partition coefficient (Wildman–Crippen LogP) is 1.34. The van der Waals surface area contributed by atoms with Crippen LogP contribution in [0.2, 0.25) is 0 Å². The Morgan fingerprint density at radius 2 is 1.76 bits per heavy atom. The van der Waals surface area contributed by atoms with Crippen LogP contribution in [0.15, 0.2) is 0 Å². The molecular weight excluding hydrogens is 266 g/mol. The number of carbonyl (C=O) groups is 1. The van der Waals surface area contributed by atoms with Gasteiger partial charge in [0.1, 0.15) is 5.54 Å². The predicted molar refractivity (Wildman–Crippen MR) is 86.5 cm³/mol. The number of nitrogens with one attached hydrogen (secondary N) is 1. The molecule has 1 saturated heterocycles. The van der Waals surface area contributed by atoms with Crippen LogP contribution in [0.5, 0.6) is 0 Å². The van der Waals surface area contributed by atoms with Crippen molar-refractivity contribution in [1.82, 2.24) is 15.1 Å². The molecule has 5 nitrogen and oxygen atoms in total. The van der Waals surface area contributed by atoms with E-state index in [1.54, 1.807) is 0 Å². The molecule has 0 spiro atoms. The molecule has 1 aliphatic rings. The molecule has 1 aliphatic heterocycles. The van der Waals surface area contributed by atoms with Crippen molar-refractivity contribution < 1.29 is 9.53 Å². The second-order valence-electron chi connectivity index (χ2n) is 6.04. The molecule has 1 N–H and O–H groups in total. The SMILES string of the molecule is CCOC(=O)C(C)(CCCCN1CCN(CC)CC1)NC. The fraction of sp³-hybridized carbons (Fsp3) is 0.938. The fourth-order valence-electron chi connectivity index (χ4n) is 2.76. The lowest BCUT2D eigenvalue weighted by Crippen LogP contribution is -2.49. The molecule has 0 radical (unpaired) electrons. The number of carbonyl (C=O) groups excluding carboxylic acids is 1. The molecule has 5 heteroatoms. The minimum atomic E-state index is -0.545. The van der Waals surface area contributed by atoms with Crippen LogP contribution in [0.25, 0.3) is 0 Å². The van der Waals surface area contributed by atoms with Gasteiger partial charge in [0, 0.05) is 26.2 Å². The Morgan fingerprint density at radius 3 is 2.29 bits per heavy atom. The van der Waals surface area contributed by atoms with Crippen LogP contribution < -0.4 is 5.32 Å². The zero-order valence-corrected chi connectivity index (χ0v) is 14.3. The monoisotopic (exact) mass is 299 g/mol. The number of esters is 1. The summed E-state index contributed by atoms with van der Waals surface area (Å²) < 4.78 is 5.15. The molecule has 1 rings (SSSR count). The molecule has 0 aliphatic carbocycles. The van der Waals surface area contributed by atoms with Crippen LogP contribution in [-0.2, 0) is 9.53 Å². The topological polar surface area (TPSA) is 44.8 Å². The van der Waals surface area contributed by atoms with Crippen molar-refractivity contribution in [1.29, 1.82) is 0 Å². The minimum Gasteiger partial charge on any atom is -0.465 e. The Labute approximate surface area is 130 Å². The first-order valence-electron chi connectivity index (χ1n) is 8.36. The van der Waals surface area contributed by atoms with Gasteiger partial charge in [-0.25, -0.2) is 0 Å². The number of unbranched alkanes of at least 4 members (excludes halogenated alkanes) is 1. The minimum absolute atomic E-state index is 0.135. The third kappa shape index (κ3) is 5.93. The van der Waals surface area contributed by atoms with Gasteiger partial charge >= 0.3 is 5.97 Å². The van der Waals surface area contributed by atoms with Crippen LogP contribution in [-0.4, -0.2) is 74.2 Å². The molecular formula is C16H33N3O2. The van der Waals surface area contributed by atoms with Gasteiger partial charge in [0.15, 0.2) is 0 Å². The van der Waals surface area contributed by atoms with E-state index < -0.39 is 5.54 Å². The van der Waals surface area contributed by atoms with Crippen molar-refractivity contribution >= 4 is 5.97 Å². The quantitative estimate of drug-likeness (QED) is 0.514. The van der Waals surface area contributed by atoms with E-state index in [4.69, 9.17) is 4.74 Å². The van der Waals surface area contributed by atoms with Crippen LogP contribution in [0.4, 0.5) is 0 Å². The first-order valence-corrected chi connectivity index (χ1v) is 8.36. The molecule has 1 unspecified atom stereocenters. The fourth-order valence-corrected chi connectivity index (χ4v) is 2.76. The summed E-state index contributed by atoms with van der Waals surface area (Å²) in [5.74, 6) is -0.135. The van der Waals surface area contributed by atoms with Crippen molar-refractivity contribution in [2.45, 2.75) is 45.6 Å². The molecule has 0 amide bonds. The van der Waals surface area contributed by atoms with Crippen molar-refractivity contribution in [2.75, 3.05) is 52.9 Å².